The van der Waals surface area contributed by atoms with E-state index in [0.29, 0.717) is 11.8 Å². The van der Waals surface area contributed by atoms with Crippen LogP contribution in [0.4, 0.5) is 0 Å². The molecule has 3 rings (SSSR count). The summed E-state index contributed by atoms with van der Waals surface area (Å²) in [6, 6.07) is 10.5. The second-order valence-electron chi connectivity index (χ2n) is 6.63. The fraction of sp³-hybridized carbons (Fsp3) is 0.579. The molecule has 1 aromatic carbocycles. The average Bonchev–Trinajstić information content (AvgIpc) is 2.99. The zero-order chi connectivity index (χ0) is 16.1. The Hall–Kier alpha value is -1.68. The molecule has 1 aliphatic rings. The Labute approximate surface area is 138 Å². The Balaban J connectivity index is 1.83. The molecule has 0 saturated carbocycles. The van der Waals surface area contributed by atoms with E-state index in [9.17, 15) is 0 Å². The molecular weight excluding hydrogens is 286 g/mol. The van der Waals surface area contributed by atoms with E-state index >= 15 is 0 Å². The van der Waals surface area contributed by atoms with Crippen LogP contribution in [-0.4, -0.2) is 28.0 Å². The van der Waals surface area contributed by atoms with Crippen LogP contribution in [0.25, 0.3) is 0 Å². The van der Waals surface area contributed by atoms with Gasteiger partial charge < -0.3 is 4.74 Å². The lowest BCUT2D eigenvalue weighted by Gasteiger charge is -2.18. The largest absolute Gasteiger partial charge is 0.381 e. The van der Waals surface area contributed by atoms with E-state index in [1.54, 1.807) is 0 Å². The first-order valence-electron chi connectivity index (χ1n) is 8.81. The van der Waals surface area contributed by atoms with Gasteiger partial charge in [0.15, 0.2) is 5.82 Å². The van der Waals surface area contributed by atoms with Crippen LogP contribution in [0.1, 0.15) is 56.2 Å². The van der Waals surface area contributed by atoms with Gasteiger partial charge in [-0.15, -0.1) is 0 Å². The minimum atomic E-state index is 0.455. The summed E-state index contributed by atoms with van der Waals surface area (Å²) in [6.07, 6.45) is 4.25. The monoisotopic (exact) mass is 313 g/mol. The molecule has 0 bridgehead atoms. The lowest BCUT2D eigenvalue weighted by molar-refractivity contribution is 0.0835. The van der Waals surface area contributed by atoms with Crippen molar-refractivity contribution in [1.82, 2.24) is 14.8 Å². The van der Waals surface area contributed by atoms with Gasteiger partial charge in [-0.25, -0.2) is 9.67 Å². The van der Waals surface area contributed by atoms with Gasteiger partial charge in [0.2, 0.25) is 0 Å². The maximum Gasteiger partial charge on any atom is 0.154 e. The first-order valence-corrected chi connectivity index (χ1v) is 8.81. The molecule has 0 unspecified atom stereocenters. The zero-order valence-electron chi connectivity index (χ0n) is 14.2. The van der Waals surface area contributed by atoms with Crippen LogP contribution in [0, 0.1) is 5.92 Å². The number of ether oxygens (including phenoxy) is 1. The summed E-state index contributed by atoms with van der Waals surface area (Å²) in [5, 5.41) is 4.87. The number of aromatic nitrogens is 3. The van der Waals surface area contributed by atoms with Gasteiger partial charge in [0, 0.05) is 25.6 Å². The number of hydrogen-bond donors (Lipinski definition) is 0. The molecule has 1 saturated heterocycles. The molecule has 1 atom stereocenters. The topological polar surface area (TPSA) is 39.9 Å². The molecule has 2 heterocycles. The van der Waals surface area contributed by atoms with E-state index in [0.717, 1.165) is 50.7 Å². The molecule has 4 nitrogen and oxygen atoms in total. The molecule has 0 amide bonds. The van der Waals surface area contributed by atoms with Crippen LogP contribution < -0.4 is 0 Å². The second kappa shape index (κ2) is 7.73. The highest BCUT2D eigenvalue weighted by atomic mass is 16.5. The fourth-order valence-electron chi connectivity index (χ4n) is 3.01. The maximum atomic E-state index is 5.47. The van der Waals surface area contributed by atoms with Crippen molar-refractivity contribution in [3.8, 4) is 0 Å². The van der Waals surface area contributed by atoms with Crippen molar-refractivity contribution in [3.63, 3.8) is 0 Å². The molecule has 0 spiro atoms. The van der Waals surface area contributed by atoms with Crippen molar-refractivity contribution in [2.45, 2.75) is 52.0 Å². The lowest BCUT2D eigenvalue weighted by atomic mass is 10.00. The average molecular weight is 313 g/mol. The van der Waals surface area contributed by atoms with Crippen LogP contribution in [-0.2, 0) is 17.7 Å². The molecule has 124 valence electrons. The summed E-state index contributed by atoms with van der Waals surface area (Å²) in [5.74, 6) is 3.24. The van der Waals surface area contributed by atoms with E-state index in [-0.39, 0.29) is 0 Å². The highest BCUT2D eigenvalue weighted by molar-refractivity contribution is 5.15. The highest BCUT2D eigenvalue weighted by Crippen LogP contribution is 2.25. The quantitative estimate of drug-likeness (QED) is 0.814. The third-order valence-electron chi connectivity index (χ3n) is 4.75. The van der Waals surface area contributed by atoms with Gasteiger partial charge in [-0.2, -0.15) is 5.10 Å². The van der Waals surface area contributed by atoms with Gasteiger partial charge >= 0.3 is 0 Å². The summed E-state index contributed by atoms with van der Waals surface area (Å²) in [6.45, 7) is 7.00. The van der Waals surface area contributed by atoms with E-state index in [4.69, 9.17) is 14.8 Å². The predicted octanol–water partition coefficient (Wildman–Crippen LogP) is 3.81. The molecule has 4 heteroatoms. The Morgan fingerprint density at radius 1 is 1.22 bits per heavy atom. The maximum absolute atomic E-state index is 5.47. The van der Waals surface area contributed by atoms with Crippen LogP contribution >= 0.6 is 0 Å². The van der Waals surface area contributed by atoms with Crippen molar-refractivity contribution in [3.05, 3.63) is 47.5 Å². The second-order valence-corrected chi connectivity index (χ2v) is 6.63. The van der Waals surface area contributed by atoms with Gasteiger partial charge in [-0.05, 0) is 24.3 Å². The van der Waals surface area contributed by atoms with Crippen LogP contribution in [0.3, 0.4) is 0 Å². The van der Waals surface area contributed by atoms with E-state index in [1.165, 1.54) is 12.0 Å². The van der Waals surface area contributed by atoms with E-state index < -0.39 is 0 Å². The Kier molecular flexibility index (Phi) is 5.44. The van der Waals surface area contributed by atoms with E-state index in [2.05, 4.69) is 48.9 Å². The van der Waals surface area contributed by atoms with Gasteiger partial charge in [0.25, 0.3) is 0 Å². The highest BCUT2D eigenvalue weighted by Gasteiger charge is 2.22. The first-order chi connectivity index (χ1) is 11.3. The van der Waals surface area contributed by atoms with Crippen molar-refractivity contribution in [2.24, 2.45) is 5.92 Å². The molecular formula is C19H27N3O. The van der Waals surface area contributed by atoms with Gasteiger partial charge in [0.1, 0.15) is 5.82 Å². The smallest absolute Gasteiger partial charge is 0.154 e. The number of benzene rings is 1. The zero-order valence-corrected chi connectivity index (χ0v) is 14.2. The predicted molar refractivity (Wildman–Crippen MR) is 91.5 cm³/mol. The normalized spacial score (nSPS) is 17.3. The lowest BCUT2D eigenvalue weighted by Crippen LogP contribution is -2.15. The Morgan fingerprint density at radius 2 is 1.96 bits per heavy atom. The number of rotatable bonds is 6. The summed E-state index contributed by atoms with van der Waals surface area (Å²) in [4.78, 5) is 4.91. The standard InChI is InChI=1S/C19H27N3O/c1-3-15(2)13-18-20-19(17-9-11-23-12-10-17)21-22(18)14-16-7-5-4-6-8-16/h4-8,15,17H,3,9-14H2,1-2H3/t15-/m1/s1. The number of nitrogens with zero attached hydrogens (tertiary/aromatic N) is 3. The van der Waals surface area contributed by atoms with Crippen LogP contribution in [0.2, 0.25) is 0 Å². The molecule has 1 fully saturated rings. The fourth-order valence-corrected chi connectivity index (χ4v) is 3.01. The van der Waals surface area contributed by atoms with Gasteiger partial charge in [0.05, 0.1) is 6.54 Å². The molecule has 0 aliphatic carbocycles. The van der Waals surface area contributed by atoms with E-state index in [1.807, 2.05) is 0 Å². The molecule has 1 aromatic heterocycles. The summed E-state index contributed by atoms with van der Waals surface area (Å²) >= 11 is 0. The van der Waals surface area contributed by atoms with Crippen molar-refractivity contribution < 1.29 is 4.74 Å². The minimum Gasteiger partial charge on any atom is -0.381 e. The van der Waals surface area contributed by atoms with Crippen molar-refractivity contribution in [1.29, 1.82) is 0 Å². The van der Waals surface area contributed by atoms with Crippen LogP contribution in [0.15, 0.2) is 30.3 Å². The van der Waals surface area contributed by atoms with Crippen molar-refractivity contribution >= 4 is 0 Å². The van der Waals surface area contributed by atoms with Gasteiger partial charge in [-0.1, -0.05) is 50.6 Å². The SMILES string of the molecule is CC[C@@H](C)Cc1nc(C2CCOCC2)nn1Cc1ccccc1. The van der Waals surface area contributed by atoms with Crippen LogP contribution in [0.5, 0.6) is 0 Å². The molecule has 23 heavy (non-hydrogen) atoms. The number of hydrogen-bond acceptors (Lipinski definition) is 3. The Morgan fingerprint density at radius 3 is 2.65 bits per heavy atom. The summed E-state index contributed by atoms with van der Waals surface area (Å²) < 4.78 is 7.59. The third-order valence-corrected chi connectivity index (χ3v) is 4.75. The Bertz CT molecular complexity index is 602. The first kappa shape index (κ1) is 16.2. The minimum absolute atomic E-state index is 0.455. The summed E-state index contributed by atoms with van der Waals surface area (Å²) in [5.41, 5.74) is 1.28. The van der Waals surface area contributed by atoms with Crippen molar-refractivity contribution in [2.75, 3.05) is 13.2 Å². The third kappa shape index (κ3) is 4.20. The molecule has 1 aliphatic heterocycles. The summed E-state index contributed by atoms with van der Waals surface area (Å²) in [7, 11) is 0. The molecule has 2 aromatic rings. The molecule has 0 radical (unpaired) electrons. The molecule has 0 N–H and O–H groups in total. The van der Waals surface area contributed by atoms with Gasteiger partial charge in [-0.3, -0.25) is 0 Å².